The fraction of sp³-hybridized carbons (Fsp3) is 0. The molecule has 2 rings (SSSR count). The summed E-state index contributed by atoms with van der Waals surface area (Å²) in [5, 5.41) is 11.3. The summed E-state index contributed by atoms with van der Waals surface area (Å²) in [5.41, 5.74) is -0.247. The molecule has 0 saturated heterocycles. The molecule has 98 valence electrons. The van der Waals surface area contributed by atoms with Crippen LogP contribution in [0.5, 0.6) is 5.75 Å². The highest BCUT2D eigenvalue weighted by Crippen LogP contribution is 2.18. The predicted molar refractivity (Wildman–Crippen MR) is 68.1 cm³/mol. The van der Waals surface area contributed by atoms with Gasteiger partial charge in [0.1, 0.15) is 22.5 Å². The number of carbonyl (C=O) groups is 1. The quantitative estimate of drug-likeness (QED) is 0.660. The molecule has 0 bridgehead atoms. The second kappa shape index (κ2) is 5.38. The van der Waals surface area contributed by atoms with Gasteiger partial charge in [-0.15, -0.1) is 0 Å². The van der Waals surface area contributed by atoms with E-state index in [2.05, 4.69) is 15.3 Å². The Morgan fingerprint density at radius 3 is 2.63 bits per heavy atom. The molecule has 8 heteroatoms. The monoisotopic (exact) mass is 301 g/mol. The van der Waals surface area contributed by atoms with Crippen molar-refractivity contribution in [1.82, 2.24) is 9.97 Å². The normalized spacial score (nSPS) is 10.3. The highest BCUT2D eigenvalue weighted by molar-refractivity contribution is 6.32. The first-order valence-corrected chi connectivity index (χ1v) is 5.71. The summed E-state index contributed by atoms with van der Waals surface area (Å²) >= 11 is 11.2. The van der Waals surface area contributed by atoms with E-state index in [1.54, 1.807) is 0 Å². The number of halogens is 3. The number of phenols is 1. The van der Waals surface area contributed by atoms with E-state index in [1.165, 1.54) is 12.1 Å². The average molecular weight is 302 g/mol. The number of anilines is 1. The largest absolute Gasteiger partial charge is 0.508 e. The van der Waals surface area contributed by atoms with Crippen LogP contribution in [0.3, 0.4) is 0 Å². The van der Waals surface area contributed by atoms with Crippen LogP contribution in [0.15, 0.2) is 24.3 Å². The average Bonchev–Trinajstić information content (AvgIpc) is 2.26. The fourth-order valence-corrected chi connectivity index (χ4v) is 1.73. The minimum Gasteiger partial charge on any atom is -0.508 e. The van der Waals surface area contributed by atoms with Crippen LogP contribution in [-0.4, -0.2) is 21.0 Å². The lowest BCUT2D eigenvalue weighted by atomic mass is 10.2. The van der Waals surface area contributed by atoms with E-state index in [0.29, 0.717) is 0 Å². The van der Waals surface area contributed by atoms with Crippen molar-refractivity contribution in [1.29, 1.82) is 0 Å². The van der Waals surface area contributed by atoms with E-state index in [0.717, 1.165) is 12.1 Å². The fourth-order valence-electron chi connectivity index (χ4n) is 1.33. The molecule has 1 aromatic carbocycles. The maximum absolute atomic E-state index is 13.5. The summed E-state index contributed by atoms with van der Waals surface area (Å²) in [5.74, 6) is -1.84. The summed E-state index contributed by atoms with van der Waals surface area (Å²) in [6, 6.07) is 4.43. The third-order valence-electron chi connectivity index (χ3n) is 2.11. The van der Waals surface area contributed by atoms with Crippen molar-refractivity contribution in [3.63, 3.8) is 0 Å². The molecule has 0 spiro atoms. The van der Waals surface area contributed by atoms with Gasteiger partial charge in [0.05, 0.1) is 5.56 Å². The van der Waals surface area contributed by atoms with E-state index in [4.69, 9.17) is 28.3 Å². The Bertz CT molecular complexity index is 632. The smallest absolute Gasteiger partial charge is 0.259 e. The molecule has 0 fully saturated rings. The van der Waals surface area contributed by atoms with Gasteiger partial charge >= 0.3 is 0 Å². The van der Waals surface area contributed by atoms with E-state index in [1.807, 2.05) is 0 Å². The Hall–Kier alpha value is -1.92. The van der Waals surface area contributed by atoms with E-state index in [-0.39, 0.29) is 27.6 Å². The molecular formula is C11H6Cl2FN3O2. The molecule has 2 aromatic rings. The number of carbonyl (C=O) groups excluding carboxylic acids is 1. The van der Waals surface area contributed by atoms with Crippen molar-refractivity contribution >= 4 is 34.9 Å². The van der Waals surface area contributed by atoms with E-state index in [9.17, 15) is 9.18 Å². The molecular weight excluding hydrogens is 296 g/mol. The number of amides is 1. The summed E-state index contributed by atoms with van der Waals surface area (Å²) in [6.07, 6.45) is 0. The number of nitrogens with zero attached hydrogens (tertiary/aromatic N) is 2. The Labute approximate surface area is 117 Å². The van der Waals surface area contributed by atoms with Gasteiger partial charge in [-0.25, -0.2) is 14.4 Å². The van der Waals surface area contributed by atoms with Gasteiger partial charge < -0.3 is 10.4 Å². The third kappa shape index (κ3) is 3.30. The van der Waals surface area contributed by atoms with Gasteiger partial charge in [-0.2, -0.15) is 0 Å². The molecule has 1 amide bonds. The van der Waals surface area contributed by atoms with Gasteiger partial charge in [0.25, 0.3) is 5.91 Å². The van der Waals surface area contributed by atoms with Crippen LogP contribution in [-0.2, 0) is 0 Å². The van der Waals surface area contributed by atoms with Crippen molar-refractivity contribution in [2.45, 2.75) is 0 Å². The number of benzene rings is 1. The number of nitrogens with one attached hydrogen (secondary N) is 1. The summed E-state index contributed by atoms with van der Waals surface area (Å²) in [6.45, 7) is 0. The Balaban J connectivity index is 2.25. The maximum Gasteiger partial charge on any atom is 0.259 e. The van der Waals surface area contributed by atoms with E-state index >= 15 is 0 Å². The number of aromatic hydroxyl groups is 1. The van der Waals surface area contributed by atoms with Gasteiger partial charge in [-0.05, 0) is 23.7 Å². The molecule has 2 N–H and O–H groups in total. The topological polar surface area (TPSA) is 75.1 Å². The molecule has 0 saturated carbocycles. The first-order chi connectivity index (χ1) is 8.95. The second-order valence-electron chi connectivity index (χ2n) is 3.46. The first-order valence-electron chi connectivity index (χ1n) is 4.95. The Morgan fingerprint density at radius 1 is 1.26 bits per heavy atom. The molecule has 0 atom stereocenters. The van der Waals surface area contributed by atoms with Gasteiger partial charge in [0.2, 0.25) is 5.28 Å². The summed E-state index contributed by atoms with van der Waals surface area (Å²) in [4.78, 5) is 19.1. The zero-order valence-electron chi connectivity index (χ0n) is 9.19. The van der Waals surface area contributed by atoms with Crippen molar-refractivity contribution in [3.8, 4) is 5.75 Å². The van der Waals surface area contributed by atoms with Crippen LogP contribution in [0.1, 0.15) is 10.4 Å². The number of aromatic nitrogens is 2. The van der Waals surface area contributed by atoms with Crippen LogP contribution in [0, 0.1) is 5.82 Å². The molecule has 19 heavy (non-hydrogen) atoms. The van der Waals surface area contributed by atoms with Gasteiger partial charge in [-0.1, -0.05) is 11.6 Å². The van der Waals surface area contributed by atoms with Crippen LogP contribution in [0.4, 0.5) is 10.2 Å². The molecule has 0 unspecified atom stereocenters. The van der Waals surface area contributed by atoms with Crippen molar-refractivity contribution in [2.24, 2.45) is 0 Å². The highest BCUT2D eigenvalue weighted by Gasteiger charge is 2.13. The lowest BCUT2D eigenvalue weighted by molar-refractivity contribution is 0.102. The van der Waals surface area contributed by atoms with Crippen molar-refractivity contribution in [2.75, 3.05) is 5.32 Å². The Kier molecular flexibility index (Phi) is 3.82. The molecule has 0 aliphatic carbocycles. The van der Waals surface area contributed by atoms with E-state index < -0.39 is 11.7 Å². The second-order valence-corrected chi connectivity index (χ2v) is 4.19. The number of hydrogen-bond acceptors (Lipinski definition) is 4. The van der Waals surface area contributed by atoms with Gasteiger partial charge in [0, 0.05) is 12.1 Å². The SMILES string of the molecule is O=C(Nc1cc(Cl)nc(Cl)n1)c1ccc(O)cc1F. The lowest BCUT2D eigenvalue weighted by Gasteiger charge is -2.06. The van der Waals surface area contributed by atoms with Gasteiger partial charge in [0.15, 0.2) is 0 Å². The molecule has 0 aliphatic heterocycles. The standard InChI is InChI=1S/C11H6Cl2FN3O2/c12-8-4-9(17-11(13)15-8)16-10(19)6-2-1-5(18)3-7(6)14/h1-4,18H,(H,15,16,17,19). The third-order valence-corrected chi connectivity index (χ3v) is 2.47. The highest BCUT2D eigenvalue weighted by atomic mass is 35.5. The molecule has 0 aliphatic rings. The first kappa shape index (κ1) is 13.5. The minimum atomic E-state index is -0.858. The summed E-state index contributed by atoms with van der Waals surface area (Å²) in [7, 11) is 0. The lowest BCUT2D eigenvalue weighted by Crippen LogP contribution is -2.14. The molecule has 0 radical (unpaired) electrons. The van der Waals surface area contributed by atoms with Gasteiger partial charge in [-0.3, -0.25) is 4.79 Å². The van der Waals surface area contributed by atoms with Crippen LogP contribution >= 0.6 is 23.2 Å². The van der Waals surface area contributed by atoms with Crippen LogP contribution in [0.2, 0.25) is 10.4 Å². The molecule has 5 nitrogen and oxygen atoms in total. The number of rotatable bonds is 2. The summed E-state index contributed by atoms with van der Waals surface area (Å²) < 4.78 is 13.5. The Morgan fingerprint density at radius 2 is 2.00 bits per heavy atom. The predicted octanol–water partition coefficient (Wildman–Crippen LogP) is 2.88. The zero-order valence-corrected chi connectivity index (χ0v) is 10.7. The molecule has 1 aromatic heterocycles. The van der Waals surface area contributed by atoms with Crippen LogP contribution in [0.25, 0.3) is 0 Å². The van der Waals surface area contributed by atoms with Crippen LogP contribution < -0.4 is 5.32 Å². The minimum absolute atomic E-state index is 0.0430. The maximum atomic E-state index is 13.5. The zero-order chi connectivity index (χ0) is 14.0. The van der Waals surface area contributed by atoms with Crippen molar-refractivity contribution in [3.05, 3.63) is 46.1 Å². The number of phenolic OH excluding ortho intramolecular Hbond substituents is 1. The molecule has 1 heterocycles. The van der Waals surface area contributed by atoms with Crippen molar-refractivity contribution < 1.29 is 14.3 Å². The number of hydrogen-bond donors (Lipinski definition) is 2.